The average Bonchev–Trinajstić information content (AvgIpc) is 2.68. The summed E-state index contributed by atoms with van der Waals surface area (Å²) in [6, 6.07) is 17.0. The van der Waals surface area contributed by atoms with Crippen LogP contribution in [-0.4, -0.2) is 25.9 Å². The first kappa shape index (κ1) is 18.9. The molecule has 0 aliphatic rings. The Morgan fingerprint density at radius 1 is 1.12 bits per heavy atom. The summed E-state index contributed by atoms with van der Waals surface area (Å²) in [6.45, 7) is 2.55. The topological polar surface area (TPSA) is 65.7 Å². The summed E-state index contributed by atoms with van der Waals surface area (Å²) < 4.78 is 10.5. The van der Waals surface area contributed by atoms with Gasteiger partial charge in [-0.2, -0.15) is 5.26 Å². The molecule has 5 heteroatoms. The first-order valence-electron chi connectivity index (χ1n) is 8.19. The Balaban J connectivity index is 2.36. The highest BCUT2D eigenvalue weighted by molar-refractivity contribution is 5.61. The van der Waals surface area contributed by atoms with Gasteiger partial charge in [-0.3, -0.25) is 0 Å². The zero-order valence-corrected chi connectivity index (χ0v) is 15.1. The lowest BCUT2D eigenvalue weighted by atomic mass is 10.1. The van der Waals surface area contributed by atoms with Crippen LogP contribution in [-0.2, 0) is 0 Å². The molecule has 0 heterocycles. The molecule has 26 heavy (non-hydrogen) atoms. The van der Waals surface area contributed by atoms with E-state index < -0.39 is 0 Å². The number of aliphatic hydroxyl groups excluding tert-OH is 1. The molecule has 0 amide bonds. The van der Waals surface area contributed by atoms with Crippen molar-refractivity contribution in [3.05, 3.63) is 71.6 Å². The van der Waals surface area contributed by atoms with Gasteiger partial charge in [-0.05, 0) is 42.8 Å². The average molecular weight is 350 g/mol. The zero-order chi connectivity index (χ0) is 18.9. The van der Waals surface area contributed by atoms with Crippen LogP contribution in [0.3, 0.4) is 0 Å². The molecule has 0 spiro atoms. The summed E-state index contributed by atoms with van der Waals surface area (Å²) in [7, 11) is 3.13. The summed E-state index contributed by atoms with van der Waals surface area (Å²) in [5.74, 6) is 1.20. The van der Waals surface area contributed by atoms with Crippen molar-refractivity contribution in [1.82, 2.24) is 0 Å². The first-order valence-corrected chi connectivity index (χ1v) is 8.19. The van der Waals surface area contributed by atoms with Gasteiger partial charge in [-0.15, -0.1) is 0 Å². The molecule has 0 aliphatic heterocycles. The molecule has 0 saturated heterocycles. The van der Waals surface area contributed by atoms with Gasteiger partial charge in [0.15, 0.2) is 0 Å². The highest BCUT2D eigenvalue weighted by atomic mass is 16.5. The third-order valence-electron chi connectivity index (χ3n) is 3.76. The number of rotatable bonds is 7. The molecular formula is C21H22N2O3. The number of allylic oxidation sites excluding steroid dienone is 2. The molecule has 0 bridgehead atoms. The van der Waals surface area contributed by atoms with E-state index in [4.69, 9.17) is 9.47 Å². The van der Waals surface area contributed by atoms with E-state index in [2.05, 4.69) is 6.07 Å². The molecule has 0 aliphatic carbocycles. The molecular weight excluding hydrogens is 328 g/mol. The van der Waals surface area contributed by atoms with Gasteiger partial charge < -0.3 is 19.5 Å². The van der Waals surface area contributed by atoms with Crippen molar-refractivity contribution >= 4 is 11.8 Å². The predicted octanol–water partition coefficient (Wildman–Crippen LogP) is 4.54. The van der Waals surface area contributed by atoms with E-state index in [0.717, 1.165) is 5.69 Å². The number of para-hydroxylation sites is 1. The monoisotopic (exact) mass is 350 g/mol. The predicted molar refractivity (Wildman–Crippen MR) is 103 cm³/mol. The second-order valence-electron chi connectivity index (χ2n) is 5.44. The number of nitriles is 1. The number of nitrogens with zero attached hydrogens (tertiary/aromatic N) is 2. The van der Waals surface area contributed by atoms with E-state index in [0.29, 0.717) is 29.3 Å². The number of benzene rings is 2. The maximum atomic E-state index is 10.3. The minimum atomic E-state index is -0.0359. The molecule has 0 unspecified atom stereocenters. The molecule has 2 rings (SSSR count). The largest absolute Gasteiger partial charge is 0.508 e. The molecule has 0 atom stereocenters. The molecule has 0 fully saturated rings. The van der Waals surface area contributed by atoms with Crippen molar-refractivity contribution in [2.45, 2.75) is 6.92 Å². The summed E-state index contributed by atoms with van der Waals surface area (Å²) in [5.41, 5.74) is 1.94. The SMILES string of the molecule is CCN(/C(C#N)=C/C(O)=C\c1cc(OC)cc(OC)c1)c1ccccc1. The van der Waals surface area contributed by atoms with Crippen LogP contribution in [0.15, 0.2) is 66.1 Å². The second kappa shape index (κ2) is 9.19. The second-order valence-corrected chi connectivity index (χ2v) is 5.44. The van der Waals surface area contributed by atoms with Crippen LogP contribution in [0, 0.1) is 11.3 Å². The third-order valence-corrected chi connectivity index (χ3v) is 3.76. The van der Waals surface area contributed by atoms with Crippen LogP contribution in [0.5, 0.6) is 11.5 Å². The van der Waals surface area contributed by atoms with Crippen molar-refractivity contribution in [1.29, 1.82) is 5.26 Å². The fraction of sp³-hybridized carbons (Fsp3) is 0.190. The Kier molecular flexibility index (Phi) is 6.69. The van der Waals surface area contributed by atoms with Gasteiger partial charge >= 0.3 is 0 Å². The van der Waals surface area contributed by atoms with Crippen LogP contribution < -0.4 is 14.4 Å². The van der Waals surface area contributed by atoms with Crippen LogP contribution in [0.4, 0.5) is 5.69 Å². The van der Waals surface area contributed by atoms with Gasteiger partial charge in [-0.25, -0.2) is 0 Å². The molecule has 0 saturated carbocycles. The maximum Gasteiger partial charge on any atom is 0.124 e. The summed E-state index contributed by atoms with van der Waals surface area (Å²) in [6.07, 6.45) is 3.00. The van der Waals surface area contributed by atoms with Crippen molar-refractivity contribution in [2.75, 3.05) is 25.7 Å². The minimum absolute atomic E-state index is 0.0359. The van der Waals surface area contributed by atoms with Crippen molar-refractivity contribution in [3.63, 3.8) is 0 Å². The van der Waals surface area contributed by atoms with Crippen molar-refractivity contribution < 1.29 is 14.6 Å². The van der Waals surface area contributed by atoms with Gasteiger partial charge in [0, 0.05) is 24.4 Å². The molecule has 5 nitrogen and oxygen atoms in total. The number of methoxy groups -OCH3 is 2. The number of anilines is 1. The number of ether oxygens (including phenoxy) is 2. The van der Waals surface area contributed by atoms with Gasteiger partial charge in [0.2, 0.25) is 0 Å². The minimum Gasteiger partial charge on any atom is -0.508 e. The van der Waals surface area contributed by atoms with Gasteiger partial charge in [-0.1, -0.05) is 18.2 Å². The lowest BCUT2D eigenvalue weighted by Gasteiger charge is -2.21. The van der Waals surface area contributed by atoms with E-state index in [1.807, 2.05) is 42.2 Å². The van der Waals surface area contributed by atoms with E-state index >= 15 is 0 Å². The molecule has 2 aromatic rings. The standard InChI is InChI=1S/C21H22N2O3/c1-4-23(17-8-6-5-7-9-17)18(15-22)13-19(24)10-16-11-20(25-2)14-21(12-16)26-3/h5-14,24H,4H2,1-3H3/b18-13+,19-10+. The lowest BCUT2D eigenvalue weighted by molar-refractivity contribution is 0.394. The molecule has 1 N–H and O–H groups in total. The van der Waals surface area contributed by atoms with Crippen molar-refractivity contribution in [3.8, 4) is 17.6 Å². The summed E-state index contributed by atoms with van der Waals surface area (Å²) >= 11 is 0. The van der Waals surface area contributed by atoms with Gasteiger partial charge in [0.1, 0.15) is 29.0 Å². The molecule has 134 valence electrons. The summed E-state index contributed by atoms with van der Waals surface area (Å²) in [5, 5.41) is 19.9. The first-order chi connectivity index (χ1) is 12.6. The van der Waals surface area contributed by atoms with E-state index in [-0.39, 0.29) is 5.76 Å². The lowest BCUT2D eigenvalue weighted by Crippen LogP contribution is -2.21. The van der Waals surface area contributed by atoms with E-state index in [1.54, 1.807) is 38.5 Å². The maximum absolute atomic E-state index is 10.3. The fourth-order valence-electron chi connectivity index (χ4n) is 2.54. The van der Waals surface area contributed by atoms with Crippen LogP contribution in [0.25, 0.3) is 6.08 Å². The quantitative estimate of drug-likeness (QED) is 0.451. The molecule has 0 aromatic heterocycles. The normalized spacial score (nSPS) is 11.6. The Bertz CT molecular complexity index is 814. The molecule has 0 radical (unpaired) electrons. The fourth-order valence-corrected chi connectivity index (χ4v) is 2.54. The zero-order valence-electron chi connectivity index (χ0n) is 15.1. The Morgan fingerprint density at radius 3 is 2.23 bits per heavy atom. The summed E-state index contributed by atoms with van der Waals surface area (Å²) in [4.78, 5) is 1.83. The van der Waals surface area contributed by atoms with Crippen molar-refractivity contribution in [2.24, 2.45) is 0 Å². The number of aliphatic hydroxyl groups is 1. The van der Waals surface area contributed by atoms with Crippen LogP contribution in [0.1, 0.15) is 12.5 Å². The number of hydrogen-bond donors (Lipinski definition) is 1. The Labute approximate surface area is 154 Å². The third kappa shape index (κ3) is 4.81. The smallest absolute Gasteiger partial charge is 0.124 e. The van der Waals surface area contributed by atoms with Crippen LogP contribution >= 0.6 is 0 Å². The van der Waals surface area contributed by atoms with E-state index in [9.17, 15) is 10.4 Å². The highest BCUT2D eigenvalue weighted by Gasteiger charge is 2.10. The Hall–Kier alpha value is -3.39. The number of hydrogen-bond acceptors (Lipinski definition) is 5. The van der Waals surface area contributed by atoms with E-state index in [1.165, 1.54) is 6.08 Å². The van der Waals surface area contributed by atoms with Crippen LogP contribution in [0.2, 0.25) is 0 Å². The van der Waals surface area contributed by atoms with Gasteiger partial charge in [0.25, 0.3) is 0 Å². The van der Waals surface area contributed by atoms with Gasteiger partial charge in [0.05, 0.1) is 14.2 Å². The highest BCUT2D eigenvalue weighted by Crippen LogP contribution is 2.24. The molecule has 2 aromatic carbocycles. The Morgan fingerprint density at radius 2 is 1.73 bits per heavy atom.